The van der Waals surface area contributed by atoms with Crippen molar-refractivity contribution in [3.63, 3.8) is 0 Å². The van der Waals surface area contributed by atoms with Crippen LogP contribution in [-0.2, 0) is 24.1 Å². The van der Waals surface area contributed by atoms with E-state index in [1.165, 1.54) is 40.7 Å². The highest BCUT2D eigenvalue weighted by Gasteiger charge is 2.29. The Labute approximate surface area is 196 Å². The van der Waals surface area contributed by atoms with Crippen LogP contribution in [0.25, 0.3) is 5.69 Å². The topological polar surface area (TPSA) is 111 Å². The van der Waals surface area contributed by atoms with Gasteiger partial charge in [0.15, 0.2) is 5.82 Å². The van der Waals surface area contributed by atoms with E-state index in [0.717, 1.165) is 4.31 Å². The van der Waals surface area contributed by atoms with Gasteiger partial charge < -0.3 is 5.32 Å². The summed E-state index contributed by atoms with van der Waals surface area (Å²) in [5.41, 5.74) is 0.787. The Balaban J connectivity index is 1.70. The van der Waals surface area contributed by atoms with Crippen LogP contribution in [0.2, 0.25) is 0 Å². The van der Waals surface area contributed by atoms with Crippen molar-refractivity contribution < 1.29 is 13.2 Å². The molecule has 1 amide bonds. The number of aryl methyl sites for hydroxylation is 1. The number of hydrogen-bond donors (Lipinski definition) is 1. The molecule has 1 N–H and O–H groups in total. The van der Waals surface area contributed by atoms with Gasteiger partial charge in [0, 0.05) is 39.0 Å². The van der Waals surface area contributed by atoms with Gasteiger partial charge in [-0.25, -0.2) is 13.1 Å². The monoisotopic (exact) mass is 480 g/mol. The van der Waals surface area contributed by atoms with Crippen molar-refractivity contribution in [1.29, 1.82) is 0 Å². The molecule has 0 bridgehead atoms. The average Bonchev–Trinajstić information content (AvgIpc) is 3.33. The number of amides is 1. The number of carbonyl (C=O) groups excluding carboxylic acids is 1. The van der Waals surface area contributed by atoms with Crippen molar-refractivity contribution in [3.8, 4) is 5.69 Å². The van der Waals surface area contributed by atoms with Crippen LogP contribution in [0.15, 0.2) is 76.6 Å². The predicted octanol–water partition coefficient (Wildman–Crippen LogP) is 2.30. The Hall–Kier alpha value is -4.12. The molecule has 0 radical (unpaired) electrons. The number of nitrogens with one attached hydrogen (secondary N) is 1. The van der Waals surface area contributed by atoms with Gasteiger partial charge in [-0.3, -0.25) is 23.3 Å². The lowest BCUT2D eigenvalue weighted by Gasteiger charge is -2.18. The van der Waals surface area contributed by atoms with Crippen LogP contribution in [0.1, 0.15) is 16.1 Å². The highest BCUT2D eigenvalue weighted by atomic mass is 32.2. The van der Waals surface area contributed by atoms with E-state index in [1.807, 2.05) is 6.07 Å². The smallest absolute Gasteiger partial charge is 0.296 e. The number of nitrogens with zero attached hydrogens (tertiary/aromatic N) is 5. The molecule has 11 heteroatoms. The standard InChI is InChI=1S/C23H24N6O4S/c1-16-21(23(31)29(27(16)3)18-10-6-5-7-11-18)28(4)34(32,33)19-12-8-9-17(15-19)22(30)24-20-13-14-26(2)25-20/h5-15H,1-4H3,(H,24,25,30). The molecule has 0 aliphatic heterocycles. The van der Waals surface area contributed by atoms with E-state index >= 15 is 0 Å². The highest BCUT2D eigenvalue weighted by Crippen LogP contribution is 2.24. The Morgan fingerprint density at radius 1 is 1.03 bits per heavy atom. The Kier molecular flexibility index (Phi) is 5.88. The lowest BCUT2D eigenvalue weighted by molar-refractivity contribution is 0.102. The van der Waals surface area contributed by atoms with Crippen LogP contribution >= 0.6 is 0 Å². The molecule has 2 aromatic heterocycles. The summed E-state index contributed by atoms with van der Waals surface area (Å²) >= 11 is 0. The molecule has 0 aliphatic rings. The van der Waals surface area contributed by atoms with Crippen molar-refractivity contribution in [2.24, 2.45) is 14.1 Å². The molecule has 34 heavy (non-hydrogen) atoms. The van der Waals surface area contributed by atoms with E-state index in [2.05, 4.69) is 10.4 Å². The number of para-hydroxylation sites is 1. The molecule has 2 heterocycles. The van der Waals surface area contributed by atoms with Gasteiger partial charge in [-0.15, -0.1) is 0 Å². The molecule has 176 valence electrons. The van der Waals surface area contributed by atoms with Crippen molar-refractivity contribution in [2.45, 2.75) is 11.8 Å². The second-order valence-corrected chi connectivity index (χ2v) is 9.71. The lowest BCUT2D eigenvalue weighted by atomic mass is 10.2. The second-order valence-electron chi connectivity index (χ2n) is 7.74. The summed E-state index contributed by atoms with van der Waals surface area (Å²) in [5, 5.41) is 6.72. The van der Waals surface area contributed by atoms with Gasteiger partial charge in [-0.1, -0.05) is 24.3 Å². The zero-order chi connectivity index (χ0) is 24.6. The quantitative estimate of drug-likeness (QED) is 0.455. The fourth-order valence-corrected chi connectivity index (χ4v) is 4.96. The summed E-state index contributed by atoms with van der Waals surface area (Å²) in [5.74, 6) is -0.153. The summed E-state index contributed by atoms with van der Waals surface area (Å²) in [4.78, 5) is 25.8. The van der Waals surface area contributed by atoms with Crippen LogP contribution in [0.3, 0.4) is 0 Å². The van der Waals surface area contributed by atoms with Crippen LogP contribution < -0.4 is 15.2 Å². The summed E-state index contributed by atoms with van der Waals surface area (Å²) in [6.07, 6.45) is 1.68. The Bertz CT molecular complexity index is 1530. The van der Waals surface area contributed by atoms with E-state index in [9.17, 15) is 18.0 Å². The molecular weight excluding hydrogens is 456 g/mol. The predicted molar refractivity (Wildman–Crippen MR) is 129 cm³/mol. The molecule has 2 aromatic carbocycles. The van der Waals surface area contributed by atoms with Crippen LogP contribution in [-0.4, -0.2) is 40.5 Å². The van der Waals surface area contributed by atoms with Gasteiger partial charge >= 0.3 is 0 Å². The van der Waals surface area contributed by atoms with Crippen LogP contribution in [0.5, 0.6) is 0 Å². The molecular formula is C23H24N6O4S. The molecule has 0 fully saturated rings. The molecule has 0 saturated heterocycles. The third kappa shape index (κ3) is 4.01. The molecule has 0 atom stereocenters. The average molecular weight is 481 g/mol. The minimum atomic E-state index is -4.14. The molecule has 0 aliphatic carbocycles. The highest BCUT2D eigenvalue weighted by molar-refractivity contribution is 7.92. The van der Waals surface area contributed by atoms with E-state index in [1.54, 1.807) is 62.2 Å². The number of benzene rings is 2. The normalized spacial score (nSPS) is 11.4. The molecule has 0 unspecified atom stereocenters. The maximum absolute atomic E-state index is 13.5. The van der Waals surface area contributed by atoms with Crippen molar-refractivity contribution in [3.05, 3.63) is 88.5 Å². The summed E-state index contributed by atoms with van der Waals surface area (Å²) in [7, 11) is 0.597. The van der Waals surface area contributed by atoms with Gasteiger partial charge in [-0.05, 0) is 37.3 Å². The van der Waals surface area contributed by atoms with Gasteiger partial charge in [0.2, 0.25) is 0 Å². The zero-order valence-corrected chi connectivity index (χ0v) is 19.9. The van der Waals surface area contributed by atoms with Crippen LogP contribution in [0.4, 0.5) is 11.5 Å². The van der Waals surface area contributed by atoms with Gasteiger partial charge in [0.05, 0.1) is 16.3 Å². The third-order valence-electron chi connectivity index (χ3n) is 5.55. The Morgan fingerprint density at radius 3 is 2.38 bits per heavy atom. The number of rotatable bonds is 6. The van der Waals surface area contributed by atoms with Gasteiger partial charge in [0.1, 0.15) is 5.69 Å². The SMILES string of the molecule is Cc1c(N(C)S(=O)(=O)c2cccc(C(=O)Nc3ccn(C)n3)c2)c(=O)n(-c2ccccc2)n1C. The van der Waals surface area contributed by atoms with Crippen molar-refractivity contribution >= 4 is 27.4 Å². The summed E-state index contributed by atoms with van der Waals surface area (Å²) < 4.78 is 32.4. The first-order chi connectivity index (χ1) is 16.1. The number of carbonyl (C=O) groups is 1. The molecule has 4 aromatic rings. The largest absolute Gasteiger partial charge is 0.305 e. The lowest BCUT2D eigenvalue weighted by Crippen LogP contribution is -2.32. The van der Waals surface area contributed by atoms with Gasteiger partial charge in [-0.2, -0.15) is 5.10 Å². The minimum absolute atomic E-state index is 0.0229. The molecule has 4 rings (SSSR count). The van der Waals surface area contributed by atoms with E-state index in [0.29, 0.717) is 17.2 Å². The molecule has 10 nitrogen and oxygen atoms in total. The number of aromatic nitrogens is 4. The second kappa shape index (κ2) is 8.67. The maximum Gasteiger partial charge on any atom is 0.296 e. The van der Waals surface area contributed by atoms with Crippen molar-refractivity contribution in [2.75, 3.05) is 16.7 Å². The number of sulfonamides is 1. The van der Waals surface area contributed by atoms with E-state index in [4.69, 9.17) is 0 Å². The number of anilines is 2. The minimum Gasteiger partial charge on any atom is -0.305 e. The van der Waals surface area contributed by atoms with E-state index in [-0.39, 0.29) is 16.1 Å². The fraction of sp³-hybridized carbons (Fsp3) is 0.174. The molecule has 0 saturated carbocycles. The van der Waals surface area contributed by atoms with Crippen molar-refractivity contribution in [1.82, 2.24) is 19.1 Å². The first-order valence-corrected chi connectivity index (χ1v) is 11.8. The maximum atomic E-state index is 13.5. The first-order valence-electron chi connectivity index (χ1n) is 10.4. The molecule has 0 spiro atoms. The van der Waals surface area contributed by atoms with Crippen LogP contribution in [0, 0.1) is 6.92 Å². The first kappa shape index (κ1) is 23.1. The summed E-state index contributed by atoms with van der Waals surface area (Å²) in [6.45, 7) is 1.68. The Morgan fingerprint density at radius 2 is 1.74 bits per heavy atom. The number of hydrogen-bond acceptors (Lipinski definition) is 5. The zero-order valence-electron chi connectivity index (χ0n) is 19.1. The third-order valence-corrected chi connectivity index (χ3v) is 7.30. The summed E-state index contributed by atoms with van der Waals surface area (Å²) in [6, 6.07) is 16.2. The fourth-order valence-electron chi connectivity index (χ4n) is 3.66. The van der Waals surface area contributed by atoms with E-state index < -0.39 is 21.5 Å². The van der Waals surface area contributed by atoms with Gasteiger partial charge in [0.25, 0.3) is 21.5 Å².